The van der Waals surface area contributed by atoms with Crippen molar-refractivity contribution in [3.05, 3.63) is 107 Å². The second kappa shape index (κ2) is 8.73. The van der Waals surface area contributed by atoms with Gasteiger partial charge in [0.1, 0.15) is 6.10 Å². The zero-order valence-electron chi connectivity index (χ0n) is 17.4. The summed E-state index contributed by atoms with van der Waals surface area (Å²) < 4.78 is 19.0. The highest BCUT2D eigenvalue weighted by molar-refractivity contribution is 5.34. The largest absolute Gasteiger partial charge is 0.374 e. The van der Waals surface area contributed by atoms with Gasteiger partial charge in [-0.1, -0.05) is 84.4 Å². The minimum Gasteiger partial charge on any atom is -0.374 e. The maximum absolute atomic E-state index is 6.58. The van der Waals surface area contributed by atoms with E-state index in [4.69, 9.17) is 14.2 Å². The number of ether oxygens (including phenoxy) is 3. The molecule has 1 unspecified atom stereocenters. The zero-order valence-corrected chi connectivity index (χ0v) is 17.4. The summed E-state index contributed by atoms with van der Waals surface area (Å²) in [4.78, 5) is 0. The lowest BCUT2D eigenvalue weighted by molar-refractivity contribution is -0.182. The van der Waals surface area contributed by atoms with Gasteiger partial charge in [-0.2, -0.15) is 0 Å². The summed E-state index contributed by atoms with van der Waals surface area (Å²) >= 11 is 0. The second-order valence-electron chi connectivity index (χ2n) is 8.39. The van der Waals surface area contributed by atoms with Crippen LogP contribution in [0.5, 0.6) is 0 Å². The monoisotopic (exact) mass is 400 g/mol. The molecule has 154 valence electrons. The Morgan fingerprint density at radius 1 is 0.900 bits per heavy atom. The Hall–Kier alpha value is -2.46. The predicted octanol–water partition coefficient (Wildman–Crippen LogP) is 5.72. The minimum absolute atomic E-state index is 0.0253. The molecule has 1 fully saturated rings. The van der Waals surface area contributed by atoms with Gasteiger partial charge in [0.2, 0.25) is 0 Å². The molecular formula is C27H28O3. The van der Waals surface area contributed by atoms with E-state index in [2.05, 4.69) is 67.6 Å². The molecule has 3 aromatic rings. The Morgan fingerprint density at radius 3 is 2.50 bits per heavy atom. The van der Waals surface area contributed by atoms with Crippen LogP contribution < -0.4 is 0 Å². The fraction of sp³-hybridized carbons (Fsp3) is 0.333. The van der Waals surface area contributed by atoms with Crippen molar-refractivity contribution in [1.82, 2.24) is 0 Å². The number of aryl methyl sites for hydroxylation is 1. The van der Waals surface area contributed by atoms with Crippen LogP contribution in [0.3, 0.4) is 0 Å². The third-order valence-electron chi connectivity index (χ3n) is 6.30. The summed E-state index contributed by atoms with van der Waals surface area (Å²) in [5.74, 6) is 0.320. The maximum atomic E-state index is 6.58. The number of rotatable bonds is 5. The Balaban J connectivity index is 1.38. The van der Waals surface area contributed by atoms with E-state index >= 15 is 0 Å². The van der Waals surface area contributed by atoms with E-state index in [0.29, 0.717) is 25.7 Å². The number of fused-ring (bicyclic) bond motifs is 3. The van der Waals surface area contributed by atoms with Crippen LogP contribution in [0, 0.1) is 6.92 Å². The molecule has 0 amide bonds. The van der Waals surface area contributed by atoms with Gasteiger partial charge in [0.25, 0.3) is 0 Å². The van der Waals surface area contributed by atoms with Crippen LogP contribution in [0.4, 0.5) is 0 Å². The fourth-order valence-electron chi connectivity index (χ4n) is 4.71. The molecule has 0 radical (unpaired) electrons. The summed E-state index contributed by atoms with van der Waals surface area (Å²) in [5.41, 5.74) is 6.38. The molecule has 5 rings (SSSR count). The molecule has 3 aromatic carbocycles. The Bertz CT molecular complexity index is 967. The van der Waals surface area contributed by atoms with Gasteiger partial charge in [-0.15, -0.1) is 0 Å². The van der Waals surface area contributed by atoms with E-state index in [-0.39, 0.29) is 18.3 Å². The van der Waals surface area contributed by atoms with Crippen LogP contribution in [0.1, 0.15) is 46.3 Å². The van der Waals surface area contributed by atoms with Gasteiger partial charge in [0, 0.05) is 5.92 Å². The molecule has 2 aliphatic rings. The molecule has 0 spiro atoms. The molecule has 0 saturated carbocycles. The van der Waals surface area contributed by atoms with E-state index in [1.54, 1.807) is 0 Å². The van der Waals surface area contributed by atoms with Crippen molar-refractivity contribution in [2.24, 2.45) is 0 Å². The first kappa shape index (κ1) is 19.5. The van der Waals surface area contributed by atoms with Crippen molar-refractivity contribution < 1.29 is 14.2 Å². The average molecular weight is 401 g/mol. The summed E-state index contributed by atoms with van der Waals surface area (Å²) in [7, 11) is 0. The normalized spacial score (nSPS) is 25.4. The molecule has 3 heteroatoms. The van der Waals surface area contributed by atoms with Crippen molar-refractivity contribution in [3.8, 4) is 0 Å². The van der Waals surface area contributed by atoms with Gasteiger partial charge in [-0.3, -0.25) is 0 Å². The highest BCUT2D eigenvalue weighted by Crippen LogP contribution is 2.45. The van der Waals surface area contributed by atoms with Gasteiger partial charge in [-0.05, 0) is 35.6 Å². The third kappa shape index (κ3) is 4.06. The Morgan fingerprint density at radius 2 is 1.67 bits per heavy atom. The maximum Gasteiger partial charge on any atom is 0.108 e. The number of hydrogen-bond donors (Lipinski definition) is 0. The Kier molecular flexibility index (Phi) is 5.67. The summed E-state index contributed by atoms with van der Waals surface area (Å²) in [6.07, 6.45) is 0.913. The van der Waals surface area contributed by atoms with Crippen LogP contribution in [0.2, 0.25) is 0 Å². The molecule has 0 aromatic heterocycles. The smallest absolute Gasteiger partial charge is 0.108 e. The average Bonchev–Trinajstić information content (AvgIpc) is 2.80. The van der Waals surface area contributed by atoms with E-state index in [0.717, 1.165) is 6.42 Å². The van der Waals surface area contributed by atoms with Crippen LogP contribution in [-0.4, -0.2) is 18.8 Å². The predicted molar refractivity (Wildman–Crippen MR) is 117 cm³/mol. The van der Waals surface area contributed by atoms with Crippen molar-refractivity contribution >= 4 is 0 Å². The second-order valence-corrected chi connectivity index (χ2v) is 8.39. The highest BCUT2D eigenvalue weighted by atomic mass is 16.6. The SMILES string of the molecule is Cc1ccc(C2C[C@H]3c4ccccc4CO[C@@H]3[C@@H](COCc3ccccc3)O2)cc1. The van der Waals surface area contributed by atoms with E-state index in [1.807, 2.05) is 18.2 Å². The summed E-state index contributed by atoms with van der Waals surface area (Å²) in [6.45, 7) is 3.88. The molecule has 1 saturated heterocycles. The highest BCUT2D eigenvalue weighted by Gasteiger charge is 2.43. The van der Waals surface area contributed by atoms with Gasteiger partial charge < -0.3 is 14.2 Å². The Labute approximate surface area is 178 Å². The molecular weight excluding hydrogens is 372 g/mol. The standard InChI is InChI=1S/C27H28O3/c1-19-11-13-21(14-12-19)25-15-24-23-10-6-5-9-22(23)17-29-27(24)26(30-25)18-28-16-20-7-3-2-4-8-20/h2-14,24-27H,15-18H2,1H3/t24-,25?,26+,27-/m0/s1. The van der Waals surface area contributed by atoms with Crippen LogP contribution >= 0.6 is 0 Å². The van der Waals surface area contributed by atoms with Gasteiger partial charge in [0.15, 0.2) is 0 Å². The molecule has 30 heavy (non-hydrogen) atoms. The van der Waals surface area contributed by atoms with Crippen LogP contribution in [0.15, 0.2) is 78.9 Å². The first-order chi connectivity index (χ1) is 14.8. The first-order valence-electron chi connectivity index (χ1n) is 10.8. The topological polar surface area (TPSA) is 27.7 Å². The number of benzene rings is 3. The van der Waals surface area contributed by atoms with Gasteiger partial charge in [-0.25, -0.2) is 0 Å². The molecule has 0 N–H and O–H groups in total. The van der Waals surface area contributed by atoms with E-state index < -0.39 is 0 Å². The molecule has 2 heterocycles. The van der Waals surface area contributed by atoms with Crippen molar-refractivity contribution in [2.75, 3.05) is 6.61 Å². The summed E-state index contributed by atoms with van der Waals surface area (Å²) in [6, 6.07) is 27.7. The minimum atomic E-state index is -0.0906. The lowest BCUT2D eigenvalue weighted by Gasteiger charge is -2.45. The van der Waals surface area contributed by atoms with Gasteiger partial charge in [0.05, 0.1) is 32.0 Å². The van der Waals surface area contributed by atoms with E-state index in [1.165, 1.54) is 27.8 Å². The zero-order chi connectivity index (χ0) is 20.3. The fourth-order valence-corrected chi connectivity index (χ4v) is 4.71. The van der Waals surface area contributed by atoms with Crippen molar-refractivity contribution in [1.29, 1.82) is 0 Å². The quantitative estimate of drug-likeness (QED) is 0.548. The molecule has 0 aliphatic carbocycles. The summed E-state index contributed by atoms with van der Waals surface area (Å²) in [5, 5.41) is 0. The van der Waals surface area contributed by atoms with Crippen LogP contribution in [0.25, 0.3) is 0 Å². The third-order valence-corrected chi connectivity index (χ3v) is 6.30. The van der Waals surface area contributed by atoms with Crippen molar-refractivity contribution in [2.45, 2.75) is 50.8 Å². The first-order valence-corrected chi connectivity index (χ1v) is 10.8. The molecule has 3 nitrogen and oxygen atoms in total. The number of hydrogen-bond acceptors (Lipinski definition) is 3. The molecule has 2 aliphatic heterocycles. The van der Waals surface area contributed by atoms with Gasteiger partial charge >= 0.3 is 0 Å². The lowest BCUT2D eigenvalue weighted by Crippen LogP contribution is -2.47. The van der Waals surface area contributed by atoms with Crippen LogP contribution in [-0.2, 0) is 27.4 Å². The molecule has 4 atom stereocenters. The molecule has 0 bridgehead atoms. The lowest BCUT2D eigenvalue weighted by atomic mass is 9.78. The van der Waals surface area contributed by atoms with E-state index in [9.17, 15) is 0 Å². The van der Waals surface area contributed by atoms with Crippen molar-refractivity contribution in [3.63, 3.8) is 0 Å².